The number of hydrogen-bond donors (Lipinski definition) is 4. The molecule has 5 rings (SSSR count). The molecule has 0 radical (unpaired) electrons. The summed E-state index contributed by atoms with van der Waals surface area (Å²) in [5.41, 5.74) is 13.4. The average molecular weight is 414 g/mol. The lowest BCUT2D eigenvalue weighted by Gasteiger charge is -2.14. The number of benzene rings is 3. The molecule has 7 heteroatoms. The van der Waals surface area contributed by atoms with Gasteiger partial charge in [0.25, 0.3) is 5.91 Å². The van der Waals surface area contributed by atoms with E-state index in [4.69, 9.17) is 0 Å². The summed E-state index contributed by atoms with van der Waals surface area (Å²) in [4.78, 5) is 23.8. The number of carboxylic acids is 1. The number of amides is 1. The molecule has 3 aromatic rings. The Morgan fingerprint density at radius 2 is 1.81 bits per heavy atom. The number of aryl methyl sites for hydroxylation is 2. The highest BCUT2D eigenvalue weighted by molar-refractivity contribution is 5.98. The number of carbonyl (C=O) groups excluding carboxylic acids is 1. The lowest BCUT2D eigenvalue weighted by molar-refractivity contribution is -0.122. The summed E-state index contributed by atoms with van der Waals surface area (Å²) in [5, 5.41) is 15.8. The highest BCUT2D eigenvalue weighted by Crippen LogP contribution is 2.36. The molecule has 1 heterocycles. The summed E-state index contributed by atoms with van der Waals surface area (Å²) in [6, 6.07) is 16.9. The summed E-state index contributed by atoms with van der Waals surface area (Å²) in [7, 11) is 0. The third kappa shape index (κ3) is 3.58. The van der Waals surface area contributed by atoms with Crippen LogP contribution in [0.1, 0.15) is 45.1 Å². The molecule has 2 unspecified atom stereocenters. The van der Waals surface area contributed by atoms with Crippen molar-refractivity contribution in [3.8, 4) is 0 Å². The van der Waals surface area contributed by atoms with Crippen molar-refractivity contribution in [2.75, 3.05) is 0 Å². The second kappa shape index (κ2) is 7.94. The number of nitrogens with one attached hydrogen (secondary N) is 3. The first kappa shape index (κ1) is 19.4. The van der Waals surface area contributed by atoms with Gasteiger partial charge in [-0.15, -0.1) is 0 Å². The molecule has 31 heavy (non-hydrogen) atoms. The molecule has 2 aliphatic rings. The molecule has 1 fully saturated rings. The topological polar surface area (TPSA) is 103 Å². The van der Waals surface area contributed by atoms with Crippen molar-refractivity contribution in [3.05, 3.63) is 82.4 Å². The van der Waals surface area contributed by atoms with Gasteiger partial charge >= 0.3 is 5.97 Å². The zero-order valence-electron chi connectivity index (χ0n) is 16.8. The van der Waals surface area contributed by atoms with Crippen LogP contribution in [0.15, 0.2) is 59.7 Å². The Kier molecular flexibility index (Phi) is 4.97. The lowest BCUT2D eigenvalue weighted by Crippen LogP contribution is -2.41. The van der Waals surface area contributed by atoms with Gasteiger partial charge in [-0.1, -0.05) is 48.5 Å². The van der Waals surface area contributed by atoms with Crippen molar-refractivity contribution in [2.45, 2.75) is 31.3 Å². The van der Waals surface area contributed by atoms with Crippen LogP contribution in [0, 0.1) is 0 Å². The second-order valence-corrected chi connectivity index (χ2v) is 7.91. The molecular weight excluding hydrogens is 392 g/mol. The predicted octanol–water partition coefficient (Wildman–Crippen LogP) is 2.69. The van der Waals surface area contributed by atoms with E-state index in [1.54, 1.807) is 18.2 Å². The molecular formula is C24H22N4O3. The smallest absolute Gasteiger partial charge is 0.336 e. The van der Waals surface area contributed by atoms with Gasteiger partial charge in [0.05, 0.1) is 11.8 Å². The molecule has 0 aromatic heterocycles. The maximum Gasteiger partial charge on any atom is 0.336 e. The fourth-order valence-corrected chi connectivity index (χ4v) is 4.55. The van der Waals surface area contributed by atoms with Crippen molar-refractivity contribution in [2.24, 2.45) is 5.10 Å². The maximum atomic E-state index is 12.6. The van der Waals surface area contributed by atoms with E-state index in [9.17, 15) is 14.7 Å². The van der Waals surface area contributed by atoms with Gasteiger partial charge in [0, 0.05) is 11.6 Å². The zero-order valence-corrected chi connectivity index (χ0v) is 16.8. The molecule has 3 aromatic carbocycles. The van der Waals surface area contributed by atoms with Crippen LogP contribution >= 0.6 is 0 Å². The van der Waals surface area contributed by atoms with Gasteiger partial charge < -0.3 is 5.11 Å². The van der Waals surface area contributed by atoms with Crippen LogP contribution in [0.4, 0.5) is 0 Å². The fraction of sp³-hybridized carbons (Fsp3) is 0.208. The summed E-state index contributed by atoms with van der Waals surface area (Å²) >= 11 is 0. The molecule has 1 saturated heterocycles. The molecule has 2 atom stereocenters. The van der Waals surface area contributed by atoms with Gasteiger partial charge in [-0.05, 0) is 52.8 Å². The number of nitrogens with zero attached hydrogens (tertiary/aromatic N) is 1. The van der Waals surface area contributed by atoms with E-state index in [0.29, 0.717) is 12.0 Å². The van der Waals surface area contributed by atoms with Gasteiger partial charge in [-0.3, -0.25) is 4.79 Å². The van der Waals surface area contributed by atoms with E-state index in [0.717, 1.165) is 12.8 Å². The maximum absolute atomic E-state index is 12.6. The number of carbonyl (C=O) groups is 2. The van der Waals surface area contributed by atoms with Gasteiger partial charge in [-0.25, -0.2) is 21.1 Å². The van der Waals surface area contributed by atoms with Crippen LogP contribution in [-0.4, -0.2) is 29.2 Å². The Balaban J connectivity index is 1.28. The van der Waals surface area contributed by atoms with E-state index in [2.05, 4.69) is 51.7 Å². The van der Waals surface area contributed by atoms with Crippen molar-refractivity contribution in [1.29, 1.82) is 0 Å². The minimum Gasteiger partial charge on any atom is -0.478 e. The van der Waals surface area contributed by atoms with Gasteiger partial charge in [0.1, 0.15) is 6.04 Å². The van der Waals surface area contributed by atoms with Gasteiger partial charge in [0.2, 0.25) is 0 Å². The van der Waals surface area contributed by atoms with Crippen molar-refractivity contribution in [3.63, 3.8) is 0 Å². The standard InChI is InChI=1S/C24H22N4O3/c29-23(28-25-13-16-4-1-2-6-17(16)24(30)31)21-12-20(26-27-21)18-11-10-15-9-8-14-5-3-7-19(18)22(14)15/h1-7,10-11,13,20-21,26-27H,8-9,12H2,(H,28,29)(H,30,31)/b25-13+. The highest BCUT2D eigenvalue weighted by atomic mass is 16.4. The van der Waals surface area contributed by atoms with E-state index in [-0.39, 0.29) is 17.5 Å². The van der Waals surface area contributed by atoms with Gasteiger partial charge in [-0.2, -0.15) is 5.10 Å². The third-order valence-electron chi connectivity index (χ3n) is 6.08. The molecule has 1 aliphatic heterocycles. The van der Waals surface area contributed by atoms with Crippen LogP contribution in [0.2, 0.25) is 0 Å². The molecule has 0 saturated carbocycles. The SMILES string of the molecule is O=C(O)c1ccccc1/C=N/NC(=O)C1CC(c2ccc3c4c(cccc24)CC3)NN1. The summed E-state index contributed by atoms with van der Waals surface area (Å²) in [5.74, 6) is -1.31. The predicted molar refractivity (Wildman–Crippen MR) is 118 cm³/mol. The molecule has 4 N–H and O–H groups in total. The van der Waals surface area contributed by atoms with Crippen LogP contribution in [0.3, 0.4) is 0 Å². The van der Waals surface area contributed by atoms with Crippen LogP contribution in [0.5, 0.6) is 0 Å². The van der Waals surface area contributed by atoms with Crippen molar-refractivity contribution in [1.82, 2.24) is 16.3 Å². The Morgan fingerprint density at radius 1 is 1.00 bits per heavy atom. The minimum atomic E-state index is -1.04. The highest BCUT2D eigenvalue weighted by Gasteiger charge is 2.31. The zero-order chi connectivity index (χ0) is 21.4. The van der Waals surface area contributed by atoms with Crippen LogP contribution in [-0.2, 0) is 17.6 Å². The molecule has 7 nitrogen and oxygen atoms in total. The summed E-state index contributed by atoms with van der Waals surface area (Å²) in [6.45, 7) is 0. The first-order chi connectivity index (χ1) is 15.1. The number of hydrazine groups is 1. The quantitative estimate of drug-likeness (QED) is 0.380. The Bertz CT molecular complexity index is 1210. The molecule has 0 bridgehead atoms. The largest absolute Gasteiger partial charge is 0.478 e. The molecule has 0 spiro atoms. The minimum absolute atomic E-state index is 0.0114. The van der Waals surface area contributed by atoms with E-state index >= 15 is 0 Å². The fourth-order valence-electron chi connectivity index (χ4n) is 4.55. The lowest BCUT2D eigenvalue weighted by atomic mass is 9.93. The van der Waals surface area contributed by atoms with E-state index < -0.39 is 12.0 Å². The summed E-state index contributed by atoms with van der Waals surface area (Å²) < 4.78 is 0. The van der Waals surface area contributed by atoms with Crippen LogP contribution in [0.25, 0.3) is 10.8 Å². The normalized spacial score (nSPS) is 19.9. The van der Waals surface area contributed by atoms with E-state index in [1.165, 1.54) is 39.7 Å². The van der Waals surface area contributed by atoms with Crippen molar-refractivity contribution >= 4 is 28.9 Å². The van der Waals surface area contributed by atoms with Gasteiger partial charge in [0.15, 0.2) is 0 Å². The third-order valence-corrected chi connectivity index (χ3v) is 6.08. The number of hydrazone groups is 1. The number of rotatable bonds is 5. The summed E-state index contributed by atoms with van der Waals surface area (Å²) in [6.07, 6.45) is 4.11. The van der Waals surface area contributed by atoms with Crippen molar-refractivity contribution < 1.29 is 14.7 Å². The first-order valence-electron chi connectivity index (χ1n) is 10.3. The van der Waals surface area contributed by atoms with E-state index in [1.807, 2.05) is 0 Å². The number of aromatic carboxylic acids is 1. The Hall–Kier alpha value is -3.55. The second-order valence-electron chi connectivity index (χ2n) is 7.91. The number of hydrogen-bond acceptors (Lipinski definition) is 5. The average Bonchev–Trinajstić information content (AvgIpc) is 3.43. The first-order valence-corrected chi connectivity index (χ1v) is 10.3. The molecule has 1 amide bonds. The van der Waals surface area contributed by atoms with Crippen LogP contribution < -0.4 is 16.3 Å². The number of carboxylic acid groups (broad SMARTS) is 1. The Labute approximate surface area is 179 Å². The Morgan fingerprint density at radius 3 is 2.65 bits per heavy atom. The molecule has 156 valence electrons. The monoisotopic (exact) mass is 414 g/mol. The molecule has 1 aliphatic carbocycles.